The minimum absolute atomic E-state index is 0.225. The molecular formula is C18H17NO. The number of hydrogen-bond acceptors (Lipinski definition) is 1. The molecule has 2 nitrogen and oxygen atoms in total. The van der Waals surface area contributed by atoms with Crippen molar-refractivity contribution in [3.05, 3.63) is 77.9 Å². The van der Waals surface area contributed by atoms with Gasteiger partial charge in [-0.05, 0) is 11.1 Å². The van der Waals surface area contributed by atoms with Crippen molar-refractivity contribution in [2.24, 2.45) is 0 Å². The van der Waals surface area contributed by atoms with Crippen LogP contribution in [0.15, 0.2) is 66.7 Å². The molecule has 2 aromatic carbocycles. The molecule has 1 aliphatic rings. The molecule has 2 heteroatoms. The fourth-order valence-corrected chi connectivity index (χ4v) is 2.42. The molecule has 0 aliphatic carbocycles. The van der Waals surface area contributed by atoms with Crippen molar-refractivity contribution in [2.75, 3.05) is 0 Å². The van der Waals surface area contributed by atoms with Gasteiger partial charge in [0.2, 0.25) is 5.91 Å². The highest BCUT2D eigenvalue weighted by molar-refractivity contribution is 5.84. The van der Waals surface area contributed by atoms with E-state index in [0.717, 1.165) is 0 Å². The Morgan fingerprint density at radius 2 is 1.65 bits per heavy atom. The van der Waals surface area contributed by atoms with Gasteiger partial charge in [-0.1, -0.05) is 72.8 Å². The number of benzene rings is 2. The first kappa shape index (κ1) is 12.7. The zero-order valence-electron chi connectivity index (χ0n) is 11.3. The van der Waals surface area contributed by atoms with E-state index in [1.54, 1.807) is 0 Å². The largest absolute Gasteiger partial charge is 0.331 e. The number of likely N-dealkylation sites (tertiary alicyclic amines) is 1. The number of hydrogen-bond donors (Lipinski definition) is 0. The van der Waals surface area contributed by atoms with Crippen LogP contribution < -0.4 is 0 Å². The Morgan fingerprint density at radius 3 is 2.30 bits per heavy atom. The third kappa shape index (κ3) is 2.80. The highest BCUT2D eigenvalue weighted by Crippen LogP contribution is 2.23. The van der Waals surface area contributed by atoms with E-state index in [1.807, 2.05) is 41.3 Å². The minimum Gasteiger partial charge on any atom is -0.331 e. The molecule has 100 valence electrons. The summed E-state index contributed by atoms with van der Waals surface area (Å²) < 4.78 is 0. The first-order valence-electron chi connectivity index (χ1n) is 6.89. The van der Waals surface area contributed by atoms with Gasteiger partial charge in [-0.3, -0.25) is 4.79 Å². The molecule has 1 amide bonds. The average molecular weight is 263 g/mol. The van der Waals surface area contributed by atoms with E-state index >= 15 is 0 Å². The molecule has 3 rings (SSSR count). The molecule has 1 saturated heterocycles. The van der Waals surface area contributed by atoms with Crippen molar-refractivity contribution in [3.63, 3.8) is 0 Å². The Labute approximate surface area is 119 Å². The Balaban J connectivity index is 1.66. The quantitative estimate of drug-likeness (QED) is 0.773. The summed E-state index contributed by atoms with van der Waals surface area (Å²) in [6.07, 6.45) is 4.84. The topological polar surface area (TPSA) is 20.3 Å². The van der Waals surface area contributed by atoms with Crippen molar-refractivity contribution in [3.8, 4) is 0 Å². The highest BCUT2D eigenvalue weighted by Gasteiger charge is 2.33. The van der Waals surface area contributed by atoms with E-state index < -0.39 is 0 Å². The number of rotatable bonds is 4. The third-order valence-electron chi connectivity index (χ3n) is 3.61. The molecule has 0 radical (unpaired) electrons. The summed E-state index contributed by atoms with van der Waals surface area (Å²) in [4.78, 5) is 13.7. The number of carbonyl (C=O) groups is 1. The van der Waals surface area contributed by atoms with E-state index in [2.05, 4.69) is 36.4 Å². The first-order valence-corrected chi connectivity index (χ1v) is 6.89. The predicted molar refractivity (Wildman–Crippen MR) is 80.9 cm³/mol. The summed E-state index contributed by atoms with van der Waals surface area (Å²) in [7, 11) is 0. The van der Waals surface area contributed by atoms with Gasteiger partial charge in [0.15, 0.2) is 0 Å². The monoisotopic (exact) mass is 263 g/mol. The average Bonchev–Trinajstić information content (AvgIpc) is 2.51. The van der Waals surface area contributed by atoms with E-state index in [-0.39, 0.29) is 11.9 Å². The molecule has 0 spiro atoms. The van der Waals surface area contributed by atoms with Crippen molar-refractivity contribution in [2.45, 2.75) is 19.0 Å². The SMILES string of the molecule is O=C1C[C@@H](/C=C/c2ccccc2)N1Cc1ccccc1. The number of nitrogens with zero attached hydrogens (tertiary/aromatic N) is 1. The Kier molecular flexibility index (Phi) is 3.64. The summed E-state index contributed by atoms with van der Waals surface area (Å²) in [5.74, 6) is 0.233. The lowest BCUT2D eigenvalue weighted by molar-refractivity contribution is -0.144. The smallest absolute Gasteiger partial charge is 0.225 e. The maximum absolute atomic E-state index is 11.7. The highest BCUT2D eigenvalue weighted by atomic mass is 16.2. The maximum Gasteiger partial charge on any atom is 0.225 e. The lowest BCUT2D eigenvalue weighted by Gasteiger charge is -2.39. The second-order valence-corrected chi connectivity index (χ2v) is 5.05. The molecule has 0 unspecified atom stereocenters. The van der Waals surface area contributed by atoms with Crippen LogP contribution in [0.2, 0.25) is 0 Å². The molecule has 2 aromatic rings. The summed E-state index contributed by atoms with van der Waals surface area (Å²) in [5, 5.41) is 0. The summed E-state index contributed by atoms with van der Waals surface area (Å²) in [6.45, 7) is 0.698. The van der Waals surface area contributed by atoms with Crippen LogP contribution in [0.1, 0.15) is 17.5 Å². The van der Waals surface area contributed by atoms with Gasteiger partial charge < -0.3 is 4.90 Å². The van der Waals surface area contributed by atoms with Crippen LogP contribution in [0.25, 0.3) is 6.08 Å². The predicted octanol–water partition coefficient (Wildman–Crippen LogP) is 3.50. The van der Waals surface area contributed by atoms with Gasteiger partial charge in [0.25, 0.3) is 0 Å². The molecule has 1 heterocycles. The van der Waals surface area contributed by atoms with Gasteiger partial charge in [0.1, 0.15) is 0 Å². The number of β-lactam (4-membered cyclic amide) rings is 1. The lowest BCUT2D eigenvalue weighted by Crippen LogP contribution is -2.50. The third-order valence-corrected chi connectivity index (χ3v) is 3.61. The van der Waals surface area contributed by atoms with Gasteiger partial charge in [-0.25, -0.2) is 0 Å². The maximum atomic E-state index is 11.7. The fraction of sp³-hybridized carbons (Fsp3) is 0.167. The molecule has 0 saturated carbocycles. The summed E-state index contributed by atoms with van der Waals surface area (Å²) in [5.41, 5.74) is 2.35. The fourth-order valence-electron chi connectivity index (χ4n) is 2.42. The van der Waals surface area contributed by atoms with Crippen LogP contribution in [0.3, 0.4) is 0 Å². The van der Waals surface area contributed by atoms with Crippen LogP contribution in [0.4, 0.5) is 0 Å². The molecule has 20 heavy (non-hydrogen) atoms. The van der Waals surface area contributed by atoms with Crippen molar-refractivity contribution < 1.29 is 4.79 Å². The molecule has 0 bridgehead atoms. The molecule has 1 atom stereocenters. The van der Waals surface area contributed by atoms with Gasteiger partial charge in [-0.2, -0.15) is 0 Å². The molecule has 1 fully saturated rings. The first-order chi connectivity index (χ1) is 9.83. The molecular weight excluding hydrogens is 246 g/mol. The van der Waals surface area contributed by atoms with Gasteiger partial charge in [-0.15, -0.1) is 0 Å². The van der Waals surface area contributed by atoms with Crippen molar-refractivity contribution >= 4 is 12.0 Å². The number of carbonyl (C=O) groups excluding carboxylic acids is 1. The second-order valence-electron chi connectivity index (χ2n) is 5.05. The van der Waals surface area contributed by atoms with E-state index in [4.69, 9.17) is 0 Å². The molecule has 0 aromatic heterocycles. The van der Waals surface area contributed by atoms with Crippen molar-refractivity contribution in [1.29, 1.82) is 0 Å². The zero-order valence-corrected chi connectivity index (χ0v) is 11.3. The summed E-state index contributed by atoms with van der Waals surface area (Å²) >= 11 is 0. The second kappa shape index (κ2) is 5.74. The van der Waals surface area contributed by atoms with Gasteiger partial charge in [0, 0.05) is 6.54 Å². The molecule has 0 N–H and O–H groups in total. The minimum atomic E-state index is 0.225. The van der Waals surface area contributed by atoms with Gasteiger partial charge in [0.05, 0.1) is 12.5 Å². The normalized spacial score (nSPS) is 18.3. The zero-order chi connectivity index (χ0) is 13.8. The van der Waals surface area contributed by atoms with Crippen molar-refractivity contribution in [1.82, 2.24) is 4.90 Å². The van der Waals surface area contributed by atoms with Gasteiger partial charge >= 0.3 is 0 Å². The lowest BCUT2D eigenvalue weighted by atomic mass is 9.99. The van der Waals surface area contributed by atoms with Crippen LogP contribution in [0.5, 0.6) is 0 Å². The molecule has 1 aliphatic heterocycles. The Hall–Kier alpha value is -2.35. The van der Waals surface area contributed by atoms with Crippen LogP contribution >= 0.6 is 0 Å². The van der Waals surface area contributed by atoms with E-state index in [9.17, 15) is 4.79 Å². The Bertz CT molecular complexity index is 604. The summed E-state index contributed by atoms with van der Waals surface area (Å²) in [6, 6.07) is 20.5. The number of amides is 1. The Morgan fingerprint density at radius 1 is 1.00 bits per heavy atom. The van der Waals surface area contributed by atoms with E-state index in [1.165, 1.54) is 11.1 Å². The van der Waals surface area contributed by atoms with Crippen LogP contribution in [-0.4, -0.2) is 16.8 Å². The standard InChI is InChI=1S/C18H17NO/c20-18-13-17(12-11-15-7-3-1-4-8-15)19(18)14-16-9-5-2-6-10-16/h1-12,17H,13-14H2/b12-11+/t17-/m1/s1. The van der Waals surface area contributed by atoms with E-state index in [0.29, 0.717) is 13.0 Å². The van der Waals surface area contributed by atoms with Crippen LogP contribution in [-0.2, 0) is 11.3 Å². The van der Waals surface area contributed by atoms with Crippen LogP contribution in [0, 0.1) is 0 Å².